The quantitative estimate of drug-likeness (QED) is 0.173. The van der Waals surface area contributed by atoms with Gasteiger partial charge in [0, 0.05) is 50.2 Å². The van der Waals surface area contributed by atoms with E-state index in [1.165, 1.54) is 68.9 Å². The number of piperazine rings is 1. The highest BCUT2D eigenvalue weighted by molar-refractivity contribution is 7.89. The smallest absolute Gasteiger partial charge is 0.335 e. The summed E-state index contributed by atoms with van der Waals surface area (Å²) in [5, 5.41) is 15.5. The van der Waals surface area contributed by atoms with Crippen molar-refractivity contribution in [1.29, 1.82) is 0 Å². The molecule has 0 amide bonds. The Morgan fingerprint density at radius 2 is 1.40 bits per heavy atom. The van der Waals surface area contributed by atoms with Crippen molar-refractivity contribution >= 4 is 32.3 Å². The summed E-state index contributed by atoms with van der Waals surface area (Å²) in [5.74, 6) is 2.83. The van der Waals surface area contributed by atoms with Crippen LogP contribution in [0.3, 0.4) is 0 Å². The third-order valence-corrected chi connectivity index (χ3v) is 19.1. The highest BCUT2D eigenvalue weighted by Crippen LogP contribution is 2.72. The number of terminal acetylenes is 3. The zero-order valence-electron chi connectivity index (χ0n) is 41.9. The molecule has 9 rings (SSSR count). The lowest BCUT2D eigenvalue weighted by Crippen LogP contribution is -2.64. The van der Waals surface area contributed by atoms with Crippen LogP contribution < -0.4 is 5.32 Å². The van der Waals surface area contributed by atoms with Gasteiger partial charge in [-0.15, -0.1) is 45.1 Å². The van der Waals surface area contributed by atoms with Crippen molar-refractivity contribution in [2.75, 3.05) is 39.3 Å². The molecule has 2 N–H and O–H groups in total. The van der Waals surface area contributed by atoms with Crippen molar-refractivity contribution < 1.29 is 18.3 Å². The van der Waals surface area contributed by atoms with Gasteiger partial charge in [0.1, 0.15) is 0 Å². The predicted molar refractivity (Wildman–Crippen MR) is 282 cm³/mol. The molecule has 1 heterocycles. The molecular formula is C59H81N3O4S. The second-order valence-corrected chi connectivity index (χ2v) is 22.1. The van der Waals surface area contributed by atoms with E-state index in [2.05, 4.69) is 89.1 Å². The molecule has 67 heavy (non-hydrogen) atoms. The van der Waals surface area contributed by atoms with Crippen LogP contribution in [-0.4, -0.2) is 73.5 Å². The highest BCUT2D eigenvalue weighted by Gasteiger charge is 2.65. The Morgan fingerprint density at radius 1 is 0.776 bits per heavy atom. The Kier molecular flexibility index (Phi) is 19.4. The fourth-order valence-electron chi connectivity index (χ4n) is 14.6. The normalized spacial score (nSPS) is 30.3. The number of hydrogen-bond acceptors (Lipinski definition) is 5. The summed E-state index contributed by atoms with van der Waals surface area (Å²) >= 11 is 0. The fraction of sp³-hybridized carbons (Fsp3) is 0.542. The van der Waals surface area contributed by atoms with Gasteiger partial charge in [-0.05, 0) is 145 Å². The van der Waals surface area contributed by atoms with Crippen LogP contribution in [-0.2, 0) is 10.0 Å². The molecule has 5 fully saturated rings. The largest absolute Gasteiger partial charge is 0.478 e. The molecule has 8 heteroatoms. The number of hydrogen-bond donors (Lipinski definition) is 2. The number of benzene rings is 3. The lowest BCUT2D eigenvalue weighted by Gasteiger charge is -2.68. The molecule has 0 spiro atoms. The summed E-state index contributed by atoms with van der Waals surface area (Å²) in [6, 6.07) is 21.0. The second kappa shape index (κ2) is 23.6. The van der Waals surface area contributed by atoms with Gasteiger partial charge in [0.2, 0.25) is 10.0 Å². The van der Waals surface area contributed by atoms with Crippen molar-refractivity contribution in [2.24, 2.45) is 45.8 Å². The van der Waals surface area contributed by atoms with Crippen LogP contribution >= 0.6 is 0 Å². The van der Waals surface area contributed by atoms with E-state index in [4.69, 9.17) is 0 Å². The van der Waals surface area contributed by atoms with Crippen LogP contribution in [0.25, 0.3) is 16.3 Å². The van der Waals surface area contributed by atoms with Crippen LogP contribution in [0.2, 0.25) is 0 Å². The number of rotatable bonds is 8. The Hall–Kier alpha value is -4.62. The summed E-state index contributed by atoms with van der Waals surface area (Å²) in [4.78, 5) is 14.4. The molecule has 1 saturated heterocycles. The van der Waals surface area contributed by atoms with Gasteiger partial charge in [0.05, 0.1) is 10.5 Å². The van der Waals surface area contributed by atoms with E-state index >= 15 is 0 Å². The third kappa shape index (κ3) is 10.5. The maximum absolute atomic E-state index is 13.8. The van der Waals surface area contributed by atoms with Crippen LogP contribution in [0.1, 0.15) is 129 Å². The first-order valence-corrected chi connectivity index (χ1v) is 26.2. The van der Waals surface area contributed by atoms with Crippen LogP contribution in [0.5, 0.6) is 0 Å². The minimum Gasteiger partial charge on any atom is -0.478 e. The predicted octanol–water partition coefficient (Wildman–Crippen LogP) is 12.3. The minimum absolute atomic E-state index is 0.0324. The maximum atomic E-state index is 13.8. The lowest BCUT2D eigenvalue weighted by atomic mass is 9.37. The number of carbonyl (C=O) groups is 1. The molecule has 0 radical (unpaired) electrons. The Bertz CT molecular complexity index is 2300. The number of fused-ring (bicyclic) bond motifs is 8. The molecule has 6 aliphatic rings. The van der Waals surface area contributed by atoms with Gasteiger partial charge in [0.25, 0.3) is 0 Å². The van der Waals surface area contributed by atoms with E-state index < -0.39 is 16.0 Å². The van der Waals surface area contributed by atoms with Crippen molar-refractivity contribution in [3.63, 3.8) is 0 Å². The van der Waals surface area contributed by atoms with Gasteiger partial charge in [-0.3, -0.25) is 4.90 Å². The van der Waals surface area contributed by atoms with E-state index in [0.29, 0.717) is 34.9 Å². The van der Waals surface area contributed by atoms with Gasteiger partial charge >= 0.3 is 5.97 Å². The summed E-state index contributed by atoms with van der Waals surface area (Å²) in [6.45, 7) is 24.1. The molecule has 8 atom stereocenters. The molecule has 362 valence electrons. The molecule has 7 nitrogen and oxygen atoms in total. The number of carboxylic acid groups (broad SMARTS) is 1. The van der Waals surface area contributed by atoms with E-state index in [1.807, 2.05) is 69.3 Å². The van der Waals surface area contributed by atoms with Crippen LogP contribution in [0, 0.1) is 84.4 Å². The Labute approximate surface area is 406 Å². The van der Waals surface area contributed by atoms with Crippen molar-refractivity contribution in [3.8, 4) is 38.5 Å². The van der Waals surface area contributed by atoms with Gasteiger partial charge in [-0.25, -0.2) is 13.2 Å². The standard InChI is InChI=1S/C48H63N3O4S.C3H6.C2H6.3C2H2/c1-45(2)38(34-14-16-35(17-15-34)44(52)53)20-24-47(4)42(45)22-25-46(3)39-21-26-48(23-8-12-40(48)37(39)18-19-43(46)47)49-27-28-50-29-31-51(32-30-50)56(54,55)41-13-7-10-33-9-5-6-11-36(33)41;1-3-2;4*1-2/h5-7,9-11,13-17,20,37,39-40,42-43,49H,8,12,18-19,21-32H2,1-4H3,(H,52,53);3H,1H2,2H3;1-2H3;3*1-2H/t37-,39?,40?,42?,43?,46-,47-,48-;;;;;/m0...../s1. The molecule has 5 aliphatic carbocycles. The van der Waals surface area contributed by atoms with Crippen molar-refractivity contribution in [1.82, 2.24) is 14.5 Å². The number of sulfonamides is 1. The average molecular weight is 928 g/mol. The zero-order chi connectivity index (χ0) is 49.8. The Balaban J connectivity index is 0.000000828. The number of allylic oxidation sites excluding steroid dienone is 3. The molecule has 0 aromatic heterocycles. The third-order valence-electron chi connectivity index (χ3n) is 17.1. The number of nitrogens with zero attached hydrogens (tertiary/aromatic N) is 2. The van der Waals surface area contributed by atoms with E-state index in [9.17, 15) is 18.3 Å². The summed E-state index contributed by atoms with van der Waals surface area (Å²) in [6.07, 6.45) is 41.3. The molecule has 4 saturated carbocycles. The molecule has 3 aromatic carbocycles. The Morgan fingerprint density at radius 3 is 2.04 bits per heavy atom. The van der Waals surface area contributed by atoms with Gasteiger partial charge < -0.3 is 10.4 Å². The number of carboxylic acids is 1. The van der Waals surface area contributed by atoms with Gasteiger partial charge in [-0.2, -0.15) is 4.31 Å². The van der Waals surface area contributed by atoms with Crippen LogP contribution in [0.15, 0.2) is 90.4 Å². The second-order valence-electron chi connectivity index (χ2n) is 20.2. The summed E-state index contributed by atoms with van der Waals surface area (Å²) < 4.78 is 29.2. The maximum Gasteiger partial charge on any atom is 0.335 e. The monoisotopic (exact) mass is 928 g/mol. The first-order chi connectivity index (χ1) is 32.2. The van der Waals surface area contributed by atoms with Crippen molar-refractivity contribution in [3.05, 3.63) is 96.6 Å². The van der Waals surface area contributed by atoms with E-state index in [1.54, 1.807) is 28.6 Å². The molecule has 4 unspecified atom stereocenters. The zero-order valence-corrected chi connectivity index (χ0v) is 42.7. The van der Waals surface area contributed by atoms with E-state index in [0.717, 1.165) is 67.0 Å². The molecule has 0 bridgehead atoms. The summed E-state index contributed by atoms with van der Waals surface area (Å²) in [7, 11) is -3.55. The average Bonchev–Trinajstić information content (AvgIpc) is 3.79. The van der Waals surface area contributed by atoms with Crippen molar-refractivity contribution in [2.45, 2.75) is 123 Å². The molecule has 3 aromatic rings. The minimum atomic E-state index is -3.55. The lowest BCUT2D eigenvalue weighted by molar-refractivity contribution is -0.172. The highest BCUT2D eigenvalue weighted by atomic mass is 32.2. The number of aromatic carboxylic acids is 1. The van der Waals surface area contributed by atoms with Gasteiger partial charge in [-0.1, -0.05) is 109 Å². The fourth-order valence-corrected chi connectivity index (χ4v) is 16.3. The summed E-state index contributed by atoms with van der Waals surface area (Å²) in [5.41, 5.74) is 3.88. The molecular weight excluding hydrogens is 847 g/mol. The SMILES string of the molecule is C#C.C#C.C#C.C=CC.CC.CC1(C)C(c2ccc(C(=O)O)cc2)=CC[C@@]2(C)C1CC[C@@]1(C)C3CC[C@@]4(NCCN5CCN(S(=O)(=O)c6cccc7ccccc67)CC5)CCCC4[C@H]3CCC12. The first kappa shape index (κ1) is 55.0. The van der Waals surface area contributed by atoms with Gasteiger partial charge in [0.15, 0.2) is 0 Å². The molecule has 1 aliphatic heterocycles. The van der Waals surface area contributed by atoms with Crippen LogP contribution in [0.4, 0.5) is 0 Å². The topological polar surface area (TPSA) is 89.9 Å². The van der Waals surface area contributed by atoms with E-state index in [-0.39, 0.29) is 16.4 Å². The first-order valence-electron chi connectivity index (χ1n) is 24.8. The number of nitrogens with one attached hydrogen (secondary N) is 1.